The van der Waals surface area contributed by atoms with Crippen LogP contribution in [-0.2, 0) is 9.53 Å². The van der Waals surface area contributed by atoms with Gasteiger partial charge in [-0.05, 0) is 45.8 Å². The van der Waals surface area contributed by atoms with Gasteiger partial charge in [-0.2, -0.15) is 0 Å². The molecule has 4 rings (SSSR count). The molecule has 0 spiro atoms. The highest BCUT2D eigenvalue weighted by Crippen LogP contribution is 2.44. The second-order valence-corrected chi connectivity index (χ2v) is 6.77. The van der Waals surface area contributed by atoms with Crippen molar-refractivity contribution in [1.82, 2.24) is 4.90 Å². The fraction of sp³-hybridized carbons (Fsp3) is 0.550. The Hall–Kier alpha value is -1.85. The lowest BCUT2D eigenvalue weighted by molar-refractivity contribution is -0.190. The van der Waals surface area contributed by atoms with Crippen molar-refractivity contribution >= 4 is 12.0 Å². The summed E-state index contributed by atoms with van der Waals surface area (Å²) in [5.74, 6) is 0.529. The second kappa shape index (κ2) is 7.58. The van der Waals surface area contributed by atoms with E-state index in [9.17, 15) is 9.90 Å². The molecule has 1 aromatic rings. The van der Waals surface area contributed by atoms with Crippen LogP contribution in [0.1, 0.15) is 32.3 Å². The molecule has 5 heteroatoms. The summed E-state index contributed by atoms with van der Waals surface area (Å²) in [6.45, 7) is 6.06. The SMILES string of the molecule is C/C=C\c1ccccc1OCC1C(O)C2(C(=O)OCC)CCN1CC2. The fourth-order valence-electron chi connectivity index (χ4n) is 4.02. The molecule has 3 aliphatic rings. The molecule has 0 saturated carbocycles. The molecule has 3 aliphatic heterocycles. The first-order valence-electron chi connectivity index (χ1n) is 9.06. The number of allylic oxidation sites excluding steroid dienone is 1. The van der Waals surface area contributed by atoms with E-state index in [1.807, 2.05) is 43.3 Å². The van der Waals surface area contributed by atoms with Gasteiger partial charge in [0.2, 0.25) is 0 Å². The number of aliphatic hydroxyl groups excluding tert-OH is 1. The number of fused-ring (bicyclic) bond motifs is 3. The Labute approximate surface area is 149 Å². The first-order chi connectivity index (χ1) is 12.1. The average molecular weight is 345 g/mol. The molecule has 0 aliphatic carbocycles. The van der Waals surface area contributed by atoms with Crippen LogP contribution in [0.2, 0.25) is 0 Å². The van der Waals surface area contributed by atoms with E-state index in [1.54, 1.807) is 6.92 Å². The molecular weight excluding hydrogens is 318 g/mol. The molecule has 25 heavy (non-hydrogen) atoms. The fourth-order valence-corrected chi connectivity index (χ4v) is 4.02. The van der Waals surface area contributed by atoms with Gasteiger partial charge < -0.3 is 14.6 Å². The average Bonchev–Trinajstić information content (AvgIpc) is 2.63. The highest BCUT2D eigenvalue weighted by atomic mass is 16.5. The minimum atomic E-state index is -0.776. The molecule has 2 unspecified atom stereocenters. The molecule has 5 nitrogen and oxygen atoms in total. The number of nitrogens with zero attached hydrogens (tertiary/aromatic N) is 1. The number of ether oxygens (including phenoxy) is 2. The number of rotatable bonds is 6. The van der Waals surface area contributed by atoms with Crippen LogP contribution in [0.5, 0.6) is 5.75 Å². The third-order valence-electron chi connectivity index (χ3n) is 5.45. The van der Waals surface area contributed by atoms with Gasteiger partial charge in [0.1, 0.15) is 12.4 Å². The summed E-state index contributed by atoms with van der Waals surface area (Å²) in [5, 5.41) is 10.9. The molecule has 0 aromatic heterocycles. The molecule has 1 aromatic carbocycles. The van der Waals surface area contributed by atoms with Gasteiger partial charge in [-0.15, -0.1) is 0 Å². The Morgan fingerprint density at radius 3 is 2.76 bits per heavy atom. The van der Waals surface area contributed by atoms with Crippen molar-refractivity contribution < 1.29 is 19.4 Å². The highest BCUT2D eigenvalue weighted by molar-refractivity contribution is 5.78. The van der Waals surface area contributed by atoms with Crippen molar-refractivity contribution in [2.24, 2.45) is 5.41 Å². The topological polar surface area (TPSA) is 59.0 Å². The molecule has 1 N–H and O–H groups in total. The van der Waals surface area contributed by atoms with Crippen molar-refractivity contribution in [1.29, 1.82) is 0 Å². The summed E-state index contributed by atoms with van der Waals surface area (Å²) in [5.41, 5.74) is 0.234. The van der Waals surface area contributed by atoms with Crippen LogP contribution in [0.25, 0.3) is 6.08 Å². The smallest absolute Gasteiger partial charge is 0.314 e. The first kappa shape index (κ1) is 18.0. The summed E-state index contributed by atoms with van der Waals surface area (Å²) in [6, 6.07) is 7.65. The molecule has 136 valence electrons. The maximum absolute atomic E-state index is 12.5. The van der Waals surface area contributed by atoms with E-state index >= 15 is 0 Å². The zero-order valence-corrected chi connectivity index (χ0v) is 15.0. The van der Waals surface area contributed by atoms with E-state index in [0.717, 1.165) is 24.4 Å². The Bertz CT molecular complexity index is 634. The molecule has 2 atom stereocenters. The van der Waals surface area contributed by atoms with Gasteiger partial charge in [-0.25, -0.2) is 0 Å². The van der Waals surface area contributed by atoms with Crippen LogP contribution in [0.15, 0.2) is 30.3 Å². The van der Waals surface area contributed by atoms with Gasteiger partial charge in [-0.1, -0.05) is 30.4 Å². The summed E-state index contributed by atoms with van der Waals surface area (Å²) >= 11 is 0. The molecule has 0 amide bonds. The third kappa shape index (κ3) is 3.31. The van der Waals surface area contributed by atoms with E-state index in [-0.39, 0.29) is 12.0 Å². The van der Waals surface area contributed by atoms with Crippen LogP contribution in [0, 0.1) is 5.41 Å². The van der Waals surface area contributed by atoms with Crippen LogP contribution >= 0.6 is 0 Å². The summed E-state index contributed by atoms with van der Waals surface area (Å²) < 4.78 is 11.3. The molecule has 0 radical (unpaired) electrons. The van der Waals surface area contributed by atoms with Gasteiger partial charge in [0.05, 0.1) is 24.2 Å². The normalized spacial score (nSPS) is 31.2. The number of hydrogen-bond donors (Lipinski definition) is 1. The zero-order chi connectivity index (χ0) is 17.9. The van der Waals surface area contributed by atoms with Gasteiger partial charge in [-0.3, -0.25) is 9.69 Å². The quantitative estimate of drug-likeness (QED) is 0.803. The Morgan fingerprint density at radius 2 is 2.08 bits per heavy atom. The number of aliphatic hydroxyl groups is 1. The minimum Gasteiger partial charge on any atom is -0.491 e. The first-order valence-corrected chi connectivity index (χ1v) is 9.06. The molecular formula is C20H27NO4. The van der Waals surface area contributed by atoms with Gasteiger partial charge >= 0.3 is 5.97 Å². The zero-order valence-electron chi connectivity index (χ0n) is 15.0. The number of esters is 1. The van der Waals surface area contributed by atoms with Crippen LogP contribution in [0.4, 0.5) is 0 Å². The maximum Gasteiger partial charge on any atom is 0.314 e. The van der Waals surface area contributed by atoms with Crippen molar-refractivity contribution in [3.8, 4) is 5.75 Å². The maximum atomic E-state index is 12.5. The molecule has 2 bridgehead atoms. The van der Waals surface area contributed by atoms with Crippen molar-refractivity contribution in [3.05, 3.63) is 35.9 Å². The number of piperidine rings is 3. The lowest BCUT2D eigenvalue weighted by atomic mass is 9.67. The number of benzene rings is 1. The van der Waals surface area contributed by atoms with Crippen molar-refractivity contribution in [2.45, 2.75) is 38.8 Å². The van der Waals surface area contributed by atoms with E-state index in [1.165, 1.54) is 0 Å². The highest BCUT2D eigenvalue weighted by Gasteiger charge is 2.57. The van der Waals surface area contributed by atoms with Gasteiger partial charge in [0.15, 0.2) is 0 Å². The monoisotopic (exact) mass is 345 g/mol. The number of carbonyl (C=O) groups is 1. The summed E-state index contributed by atoms with van der Waals surface area (Å²) in [7, 11) is 0. The lowest BCUT2D eigenvalue weighted by Gasteiger charge is -2.54. The van der Waals surface area contributed by atoms with Gasteiger partial charge in [0.25, 0.3) is 0 Å². The van der Waals surface area contributed by atoms with Crippen LogP contribution in [0.3, 0.4) is 0 Å². The van der Waals surface area contributed by atoms with Crippen molar-refractivity contribution in [3.63, 3.8) is 0 Å². The molecule has 3 fully saturated rings. The Kier molecular flexibility index (Phi) is 5.45. The van der Waals surface area contributed by atoms with Gasteiger partial charge in [0, 0.05) is 5.56 Å². The van der Waals surface area contributed by atoms with E-state index in [0.29, 0.717) is 26.1 Å². The summed E-state index contributed by atoms with van der Waals surface area (Å²) in [4.78, 5) is 14.7. The predicted molar refractivity (Wildman–Crippen MR) is 96.3 cm³/mol. The van der Waals surface area contributed by atoms with E-state index in [4.69, 9.17) is 9.47 Å². The lowest BCUT2D eigenvalue weighted by Crippen LogP contribution is -2.67. The Balaban J connectivity index is 1.74. The Morgan fingerprint density at radius 1 is 1.36 bits per heavy atom. The minimum absolute atomic E-state index is 0.189. The summed E-state index contributed by atoms with van der Waals surface area (Å²) in [6.07, 6.45) is 4.51. The molecule has 3 saturated heterocycles. The van der Waals surface area contributed by atoms with E-state index in [2.05, 4.69) is 4.90 Å². The number of para-hydroxylation sites is 1. The standard InChI is InChI=1S/C20H27NO4/c1-3-7-15-8-5-6-9-17(15)25-14-16-18(22)20(19(23)24-4-2)10-12-21(16)13-11-20/h3,5-9,16,18,22H,4,10-14H2,1-2H3/b7-3-. The number of carbonyl (C=O) groups excluding carboxylic acids is 1. The van der Waals surface area contributed by atoms with Crippen molar-refractivity contribution in [2.75, 3.05) is 26.3 Å². The predicted octanol–water partition coefficient (Wildman–Crippen LogP) is 2.49. The third-order valence-corrected chi connectivity index (χ3v) is 5.45. The van der Waals surface area contributed by atoms with Crippen LogP contribution < -0.4 is 4.74 Å². The van der Waals surface area contributed by atoms with Crippen LogP contribution in [-0.4, -0.2) is 54.4 Å². The largest absolute Gasteiger partial charge is 0.491 e. The van der Waals surface area contributed by atoms with E-state index < -0.39 is 11.5 Å². The number of hydrogen-bond acceptors (Lipinski definition) is 5. The second-order valence-electron chi connectivity index (χ2n) is 6.77. The molecule has 3 heterocycles.